The molecule has 7 atom stereocenters. The Morgan fingerprint density at radius 1 is 0.861 bits per heavy atom. The third-order valence-electron chi connectivity index (χ3n) is 14.8. The number of aryl methyl sites for hydroxylation is 3. The van der Waals surface area contributed by atoms with Gasteiger partial charge in [0.05, 0.1) is 33.9 Å². The number of aliphatic hydroxyl groups is 1. The standard InChI is InChI=1S/C59H77N9O10S/c1-33-36(15-11-10-12-20-48(71)66-51(58(4,5)6)56(76)67-31-41(69)30-45(67)53(73)62-34(2)37-21-23-39(24-22-37)50-35(3)61-32-79-50)16-14-19-42(33)63-52(72)43(27-28-47(60)70)64-54(74)46-29-40-18-13-17-38-25-26-44(55(75)68(46)49(38)40)65-57(77)78-59(7,8)9/h13-14,16-19,21-24,32,34,41,43-46,51,69H,10-12,15,20,25-31H2,1-9H3,(H2,60,70)(H,62,73)(H,63,72)(H,64,74)(H,65,77)(H,66,71)/t34-,41+,43-,44-,45?,46-,51+/m0/s1. The number of hydrogen-bond acceptors (Lipinski definition) is 12. The average Bonchev–Trinajstić information content (AvgIpc) is 4.10. The normalized spacial score (nSPS) is 19.1. The monoisotopic (exact) mass is 1100 g/mol. The maximum atomic E-state index is 14.3. The van der Waals surface area contributed by atoms with E-state index < -0.39 is 83.0 Å². The van der Waals surface area contributed by atoms with E-state index in [4.69, 9.17) is 10.5 Å². The molecule has 0 radical (unpaired) electrons. The topological polar surface area (TPSA) is 272 Å². The number of nitrogens with two attached hydrogens (primary N) is 1. The quantitative estimate of drug-likeness (QED) is 0.0477. The van der Waals surface area contributed by atoms with Crippen LogP contribution in [0.1, 0.15) is 139 Å². The van der Waals surface area contributed by atoms with Gasteiger partial charge in [0.15, 0.2) is 0 Å². The summed E-state index contributed by atoms with van der Waals surface area (Å²) >= 11 is 1.56. The average molecular weight is 1100 g/mol. The van der Waals surface area contributed by atoms with Crippen molar-refractivity contribution < 1.29 is 48.2 Å². The number of benzene rings is 3. The van der Waals surface area contributed by atoms with Gasteiger partial charge in [-0.3, -0.25) is 38.5 Å². The van der Waals surface area contributed by atoms with Crippen molar-refractivity contribution in [1.82, 2.24) is 31.2 Å². The van der Waals surface area contributed by atoms with Crippen molar-refractivity contribution in [3.63, 3.8) is 0 Å². The van der Waals surface area contributed by atoms with Crippen molar-refractivity contribution >= 4 is 70.2 Å². The van der Waals surface area contributed by atoms with Crippen LogP contribution in [-0.2, 0) is 57.6 Å². The number of alkyl carbamates (subject to hydrolysis) is 1. The Morgan fingerprint density at radius 3 is 2.23 bits per heavy atom. The summed E-state index contributed by atoms with van der Waals surface area (Å²) in [5.74, 6) is -3.45. The van der Waals surface area contributed by atoms with Gasteiger partial charge in [-0.1, -0.05) is 81.8 Å². The first-order chi connectivity index (χ1) is 37.3. The number of unbranched alkanes of at least 4 members (excludes halogenated alkanes) is 2. The van der Waals surface area contributed by atoms with Crippen LogP contribution >= 0.6 is 11.3 Å². The second-order valence-corrected chi connectivity index (χ2v) is 24.0. The van der Waals surface area contributed by atoms with Crippen LogP contribution in [0.3, 0.4) is 0 Å². The van der Waals surface area contributed by atoms with E-state index in [0.29, 0.717) is 43.5 Å². The number of likely N-dealkylation sites (tertiary alicyclic amines) is 1. The molecular weight excluding hydrogens is 1030 g/mol. The van der Waals surface area contributed by atoms with Crippen molar-refractivity contribution in [3.05, 3.63) is 99.7 Å². The molecule has 3 aromatic carbocycles. The van der Waals surface area contributed by atoms with Gasteiger partial charge in [0, 0.05) is 37.9 Å². The van der Waals surface area contributed by atoms with Crippen LogP contribution in [0.5, 0.6) is 0 Å². The highest BCUT2D eigenvalue weighted by Gasteiger charge is 2.46. The fourth-order valence-electron chi connectivity index (χ4n) is 10.6. The van der Waals surface area contributed by atoms with E-state index in [1.807, 2.05) is 96.1 Å². The largest absolute Gasteiger partial charge is 0.444 e. The summed E-state index contributed by atoms with van der Waals surface area (Å²) in [4.78, 5) is 117. The molecule has 0 spiro atoms. The first-order valence-corrected chi connectivity index (χ1v) is 28.2. The number of ether oxygens (including phenoxy) is 1. The fraction of sp³-hybridized carbons (Fsp3) is 0.508. The van der Waals surface area contributed by atoms with E-state index in [0.717, 1.165) is 44.0 Å². The van der Waals surface area contributed by atoms with Gasteiger partial charge in [-0.25, -0.2) is 9.78 Å². The number of carbonyl (C=O) groups excluding carboxylic acids is 8. The molecule has 1 fully saturated rings. The molecule has 4 aromatic rings. The lowest BCUT2D eigenvalue weighted by Crippen LogP contribution is -2.57. The highest BCUT2D eigenvalue weighted by Crippen LogP contribution is 2.39. The highest BCUT2D eigenvalue weighted by atomic mass is 32.1. The zero-order valence-corrected chi connectivity index (χ0v) is 47.6. The lowest BCUT2D eigenvalue weighted by Gasteiger charge is -2.35. The zero-order valence-electron chi connectivity index (χ0n) is 46.8. The van der Waals surface area contributed by atoms with Crippen molar-refractivity contribution in [2.24, 2.45) is 11.1 Å². The predicted octanol–water partition coefficient (Wildman–Crippen LogP) is 6.39. The minimum absolute atomic E-state index is 0.0361. The number of aromatic nitrogens is 1. The van der Waals surface area contributed by atoms with Crippen LogP contribution in [0.4, 0.5) is 16.2 Å². The summed E-state index contributed by atoms with van der Waals surface area (Å²) in [7, 11) is 0. The highest BCUT2D eigenvalue weighted by molar-refractivity contribution is 7.13. The van der Waals surface area contributed by atoms with Gasteiger partial charge < -0.3 is 47.1 Å². The van der Waals surface area contributed by atoms with E-state index in [2.05, 4.69) is 31.6 Å². The molecule has 19 nitrogen and oxygen atoms in total. The number of aliphatic hydroxyl groups excluding tert-OH is 1. The Labute approximate surface area is 466 Å². The number of rotatable bonds is 20. The summed E-state index contributed by atoms with van der Waals surface area (Å²) in [6, 6.07) is 13.5. The summed E-state index contributed by atoms with van der Waals surface area (Å²) in [5, 5.41) is 25.2. The van der Waals surface area contributed by atoms with Crippen molar-refractivity contribution in [2.75, 3.05) is 16.8 Å². The molecular formula is C59H77N9O10S. The molecule has 3 aliphatic rings. The Kier molecular flexibility index (Phi) is 19.0. The van der Waals surface area contributed by atoms with Gasteiger partial charge in [0.2, 0.25) is 41.4 Å². The van der Waals surface area contributed by atoms with Gasteiger partial charge in [0.1, 0.15) is 35.8 Å². The molecule has 1 saturated heterocycles. The van der Waals surface area contributed by atoms with Gasteiger partial charge in [-0.15, -0.1) is 11.3 Å². The van der Waals surface area contributed by atoms with E-state index in [9.17, 15) is 43.5 Å². The second-order valence-electron chi connectivity index (χ2n) is 23.2. The number of nitrogens with zero attached hydrogens (tertiary/aromatic N) is 3. The Morgan fingerprint density at radius 2 is 1.56 bits per heavy atom. The van der Waals surface area contributed by atoms with Crippen LogP contribution in [0.2, 0.25) is 0 Å². The maximum Gasteiger partial charge on any atom is 0.408 e. The molecule has 0 saturated carbocycles. The lowest BCUT2D eigenvalue weighted by atomic mass is 9.85. The second kappa shape index (κ2) is 25.3. The lowest BCUT2D eigenvalue weighted by molar-refractivity contribution is -0.144. The summed E-state index contributed by atoms with van der Waals surface area (Å²) in [6.45, 7) is 16.4. The number of amides is 8. The molecule has 8 N–H and O–H groups in total. The van der Waals surface area contributed by atoms with Gasteiger partial charge in [-0.2, -0.15) is 0 Å². The van der Waals surface area contributed by atoms with Crippen LogP contribution in [0, 0.1) is 19.3 Å². The number of thiazole rings is 1. The first-order valence-electron chi connectivity index (χ1n) is 27.3. The molecule has 7 rings (SSSR count). The van der Waals surface area contributed by atoms with Crippen LogP contribution in [0.25, 0.3) is 10.4 Å². The van der Waals surface area contributed by atoms with E-state index in [1.54, 1.807) is 43.7 Å². The van der Waals surface area contributed by atoms with Crippen molar-refractivity contribution in [1.29, 1.82) is 0 Å². The van der Waals surface area contributed by atoms with Crippen molar-refractivity contribution in [3.8, 4) is 10.4 Å². The smallest absolute Gasteiger partial charge is 0.408 e. The molecule has 1 aromatic heterocycles. The van der Waals surface area contributed by atoms with Crippen LogP contribution in [0.15, 0.2) is 66.2 Å². The molecule has 3 aliphatic heterocycles. The number of hydrogen-bond donors (Lipinski definition) is 7. The van der Waals surface area contributed by atoms with E-state index in [1.165, 1.54) is 9.80 Å². The summed E-state index contributed by atoms with van der Waals surface area (Å²) < 4.78 is 5.44. The zero-order chi connectivity index (χ0) is 57.5. The predicted molar refractivity (Wildman–Crippen MR) is 302 cm³/mol. The number of carbonyl (C=O) groups is 8. The SMILES string of the molecule is Cc1ncsc1-c1ccc([C@H](C)NC(=O)C2C[C@@H](O)CN2C(=O)[C@@H](NC(=O)CCCCCc2cccc(NC(=O)[C@H](CCC(N)=O)NC(=O)[C@@H]3Cc4cccc5c4N3C(=O)[C@@H](NC(=O)OC(C)(C)C)CC5)c2C)C(C)(C)C)cc1. The Bertz CT molecular complexity index is 2930. The molecule has 8 amide bonds. The fourth-order valence-corrected chi connectivity index (χ4v) is 11.4. The minimum Gasteiger partial charge on any atom is -0.444 e. The van der Waals surface area contributed by atoms with Gasteiger partial charge in [-0.05, 0) is 125 Å². The maximum absolute atomic E-state index is 14.3. The molecule has 0 bridgehead atoms. The van der Waals surface area contributed by atoms with Crippen LogP contribution < -0.4 is 37.2 Å². The number of primary amides is 1. The number of β-amino-alcohol motifs (C(OH)–C–C–N with tert-alkyl or cyclic N) is 1. The molecule has 4 heterocycles. The number of para-hydroxylation sites is 1. The van der Waals surface area contributed by atoms with Gasteiger partial charge >= 0.3 is 6.09 Å². The Balaban J connectivity index is 0.916. The molecule has 20 heteroatoms. The number of nitrogens with one attached hydrogen (secondary N) is 5. The summed E-state index contributed by atoms with van der Waals surface area (Å²) in [6.07, 6.45) is 1.72. The molecule has 0 aliphatic carbocycles. The molecule has 79 heavy (non-hydrogen) atoms. The Hall–Kier alpha value is -7.19. The third-order valence-corrected chi connectivity index (χ3v) is 15.8. The minimum atomic E-state index is -1.20. The van der Waals surface area contributed by atoms with Gasteiger partial charge in [0.25, 0.3) is 0 Å². The van der Waals surface area contributed by atoms with Crippen molar-refractivity contribution in [2.45, 2.75) is 181 Å². The molecule has 1 unspecified atom stereocenters. The number of anilines is 2. The van der Waals surface area contributed by atoms with Crippen LogP contribution in [-0.4, -0.2) is 111 Å². The third kappa shape index (κ3) is 14.9. The first kappa shape index (κ1) is 59.5. The summed E-state index contributed by atoms with van der Waals surface area (Å²) in [5.41, 5.74) is 13.2. The molecule has 424 valence electrons. The van der Waals surface area contributed by atoms with E-state index in [-0.39, 0.29) is 62.9 Å². The van der Waals surface area contributed by atoms with E-state index >= 15 is 0 Å².